The molecule has 2 rings (SSSR count). The predicted molar refractivity (Wildman–Crippen MR) is 81.1 cm³/mol. The second kappa shape index (κ2) is 7.08. The van der Waals surface area contributed by atoms with Crippen molar-refractivity contribution in [3.8, 4) is 11.5 Å². The molecule has 1 atom stereocenters. The highest BCUT2D eigenvalue weighted by atomic mass is 16.5. The van der Waals surface area contributed by atoms with Crippen molar-refractivity contribution in [2.75, 3.05) is 13.7 Å². The van der Waals surface area contributed by atoms with Gasteiger partial charge in [0, 0.05) is 18.7 Å². The van der Waals surface area contributed by atoms with Crippen molar-refractivity contribution in [1.29, 1.82) is 0 Å². The first-order valence-corrected chi connectivity index (χ1v) is 6.81. The van der Waals surface area contributed by atoms with Crippen molar-refractivity contribution < 1.29 is 9.47 Å². The standard InChI is InChI=1S/C17H21NO2/c1-13(18)16-5-3-4-6-17(16)20-15-9-7-14(8-10-15)11-12-19-2/h3-10,13H,11-12,18H2,1-2H3/t13-/m1/s1. The number of benzene rings is 2. The van der Waals surface area contributed by atoms with E-state index in [1.807, 2.05) is 43.3 Å². The maximum Gasteiger partial charge on any atom is 0.132 e. The molecular weight excluding hydrogens is 250 g/mol. The highest BCUT2D eigenvalue weighted by molar-refractivity contribution is 5.39. The van der Waals surface area contributed by atoms with E-state index in [0.29, 0.717) is 0 Å². The summed E-state index contributed by atoms with van der Waals surface area (Å²) in [4.78, 5) is 0. The molecule has 3 heteroatoms. The zero-order valence-corrected chi connectivity index (χ0v) is 12.0. The second-order valence-electron chi connectivity index (χ2n) is 4.82. The van der Waals surface area contributed by atoms with Crippen LogP contribution in [0.2, 0.25) is 0 Å². The smallest absolute Gasteiger partial charge is 0.132 e. The van der Waals surface area contributed by atoms with E-state index in [1.165, 1.54) is 5.56 Å². The average Bonchev–Trinajstić information content (AvgIpc) is 2.47. The third kappa shape index (κ3) is 3.83. The Hall–Kier alpha value is -1.84. The summed E-state index contributed by atoms with van der Waals surface area (Å²) >= 11 is 0. The van der Waals surface area contributed by atoms with Gasteiger partial charge in [0.1, 0.15) is 11.5 Å². The van der Waals surface area contributed by atoms with Crippen LogP contribution < -0.4 is 10.5 Å². The lowest BCUT2D eigenvalue weighted by Crippen LogP contribution is -2.06. The number of hydrogen-bond donors (Lipinski definition) is 1. The van der Waals surface area contributed by atoms with Gasteiger partial charge < -0.3 is 15.2 Å². The molecule has 20 heavy (non-hydrogen) atoms. The van der Waals surface area contributed by atoms with E-state index in [9.17, 15) is 0 Å². The van der Waals surface area contributed by atoms with Crippen LogP contribution in [-0.2, 0) is 11.2 Å². The molecule has 0 aliphatic heterocycles. The van der Waals surface area contributed by atoms with Crippen molar-refractivity contribution in [2.24, 2.45) is 5.73 Å². The summed E-state index contributed by atoms with van der Waals surface area (Å²) in [5, 5.41) is 0. The van der Waals surface area contributed by atoms with Crippen molar-refractivity contribution in [2.45, 2.75) is 19.4 Å². The van der Waals surface area contributed by atoms with Crippen LogP contribution in [0.4, 0.5) is 0 Å². The van der Waals surface area contributed by atoms with E-state index in [-0.39, 0.29) is 6.04 Å². The Morgan fingerprint density at radius 3 is 2.40 bits per heavy atom. The fourth-order valence-corrected chi connectivity index (χ4v) is 2.02. The quantitative estimate of drug-likeness (QED) is 0.871. The first kappa shape index (κ1) is 14.6. The molecule has 2 N–H and O–H groups in total. The van der Waals surface area contributed by atoms with Gasteiger partial charge in [-0.3, -0.25) is 0 Å². The van der Waals surface area contributed by atoms with Crippen LogP contribution in [0.25, 0.3) is 0 Å². The molecule has 2 aromatic carbocycles. The molecule has 0 radical (unpaired) electrons. The zero-order valence-electron chi connectivity index (χ0n) is 12.0. The van der Waals surface area contributed by atoms with E-state index in [0.717, 1.165) is 30.1 Å². The van der Waals surface area contributed by atoms with Crippen molar-refractivity contribution >= 4 is 0 Å². The lowest BCUT2D eigenvalue weighted by molar-refractivity contribution is 0.202. The lowest BCUT2D eigenvalue weighted by Gasteiger charge is -2.13. The number of nitrogens with two attached hydrogens (primary N) is 1. The highest BCUT2D eigenvalue weighted by Gasteiger charge is 2.08. The van der Waals surface area contributed by atoms with Crippen LogP contribution in [0.5, 0.6) is 11.5 Å². The maximum atomic E-state index is 5.95. The van der Waals surface area contributed by atoms with Crippen molar-refractivity contribution in [1.82, 2.24) is 0 Å². The lowest BCUT2D eigenvalue weighted by atomic mass is 10.1. The molecule has 0 fully saturated rings. The van der Waals surface area contributed by atoms with E-state index < -0.39 is 0 Å². The van der Waals surface area contributed by atoms with Gasteiger partial charge in [0.05, 0.1) is 6.61 Å². The van der Waals surface area contributed by atoms with Gasteiger partial charge in [-0.1, -0.05) is 30.3 Å². The van der Waals surface area contributed by atoms with E-state index >= 15 is 0 Å². The average molecular weight is 271 g/mol. The van der Waals surface area contributed by atoms with Crippen LogP contribution >= 0.6 is 0 Å². The van der Waals surface area contributed by atoms with Gasteiger partial charge in [0.25, 0.3) is 0 Å². The molecular formula is C17H21NO2. The van der Waals surface area contributed by atoms with Crippen LogP contribution in [0, 0.1) is 0 Å². The van der Waals surface area contributed by atoms with Crippen LogP contribution in [0.1, 0.15) is 24.1 Å². The summed E-state index contributed by atoms with van der Waals surface area (Å²) in [5.41, 5.74) is 8.20. The SMILES string of the molecule is COCCc1ccc(Oc2ccccc2[C@@H](C)N)cc1. The van der Waals surface area contributed by atoms with Gasteiger partial charge in [-0.05, 0) is 37.1 Å². The van der Waals surface area contributed by atoms with Crippen LogP contribution in [-0.4, -0.2) is 13.7 Å². The summed E-state index contributed by atoms with van der Waals surface area (Å²) in [5.74, 6) is 1.63. The van der Waals surface area contributed by atoms with Gasteiger partial charge in [-0.25, -0.2) is 0 Å². The summed E-state index contributed by atoms with van der Waals surface area (Å²) in [6, 6.07) is 15.9. The molecule has 0 aliphatic rings. The molecule has 0 spiro atoms. The minimum atomic E-state index is -0.0489. The topological polar surface area (TPSA) is 44.5 Å². The van der Waals surface area contributed by atoms with Gasteiger partial charge in [0.15, 0.2) is 0 Å². The molecule has 0 amide bonds. The predicted octanol–water partition coefficient (Wildman–Crippen LogP) is 3.69. The first-order chi connectivity index (χ1) is 9.70. The monoisotopic (exact) mass is 271 g/mol. The third-order valence-electron chi connectivity index (χ3n) is 3.16. The fourth-order valence-electron chi connectivity index (χ4n) is 2.02. The summed E-state index contributed by atoms with van der Waals surface area (Å²) in [6.45, 7) is 2.68. The Morgan fingerprint density at radius 1 is 1.05 bits per heavy atom. The zero-order chi connectivity index (χ0) is 14.4. The van der Waals surface area contributed by atoms with Crippen LogP contribution in [0.3, 0.4) is 0 Å². The molecule has 0 bridgehead atoms. The minimum Gasteiger partial charge on any atom is -0.457 e. The Kier molecular flexibility index (Phi) is 5.16. The number of rotatable bonds is 6. The fraction of sp³-hybridized carbons (Fsp3) is 0.294. The van der Waals surface area contributed by atoms with Gasteiger partial charge in [-0.2, -0.15) is 0 Å². The van der Waals surface area contributed by atoms with E-state index in [4.69, 9.17) is 15.2 Å². The summed E-state index contributed by atoms with van der Waals surface area (Å²) in [6.07, 6.45) is 0.910. The van der Waals surface area contributed by atoms with E-state index in [1.54, 1.807) is 7.11 Å². The van der Waals surface area contributed by atoms with Gasteiger partial charge in [-0.15, -0.1) is 0 Å². The molecule has 0 saturated heterocycles. The summed E-state index contributed by atoms with van der Waals surface area (Å²) < 4.78 is 11.0. The first-order valence-electron chi connectivity index (χ1n) is 6.81. The molecule has 0 unspecified atom stereocenters. The number of ether oxygens (including phenoxy) is 2. The molecule has 0 aliphatic carbocycles. The molecule has 0 heterocycles. The minimum absolute atomic E-state index is 0.0489. The molecule has 3 nitrogen and oxygen atoms in total. The normalized spacial score (nSPS) is 12.2. The largest absolute Gasteiger partial charge is 0.457 e. The highest BCUT2D eigenvalue weighted by Crippen LogP contribution is 2.28. The Bertz CT molecular complexity index is 535. The van der Waals surface area contributed by atoms with Crippen molar-refractivity contribution in [3.05, 3.63) is 59.7 Å². The molecule has 2 aromatic rings. The number of methoxy groups -OCH3 is 1. The summed E-state index contributed by atoms with van der Waals surface area (Å²) in [7, 11) is 1.71. The van der Waals surface area contributed by atoms with Crippen LogP contribution in [0.15, 0.2) is 48.5 Å². The van der Waals surface area contributed by atoms with Gasteiger partial charge >= 0.3 is 0 Å². The molecule has 0 aromatic heterocycles. The maximum absolute atomic E-state index is 5.95. The molecule has 0 saturated carbocycles. The Balaban J connectivity index is 2.10. The second-order valence-corrected chi connectivity index (χ2v) is 4.82. The van der Waals surface area contributed by atoms with E-state index in [2.05, 4.69) is 12.1 Å². The number of para-hydroxylation sites is 1. The van der Waals surface area contributed by atoms with Crippen molar-refractivity contribution in [3.63, 3.8) is 0 Å². The Morgan fingerprint density at radius 2 is 1.75 bits per heavy atom. The Labute approximate surface area is 120 Å². The number of hydrogen-bond acceptors (Lipinski definition) is 3. The third-order valence-corrected chi connectivity index (χ3v) is 3.16. The molecule has 106 valence electrons. The van der Waals surface area contributed by atoms with Gasteiger partial charge in [0.2, 0.25) is 0 Å².